The molecule has 118 valence electrons. The fourth-order valence-electron chi connectivity index (χ4n) is 3.15. The summed E-state index contributed by atoms with van der Waals surface area (Å²) >= 11 is 0. The Balaban J connectivity index is 1.40. The van der Waals surface area contributed by atoms with Crippen LogP contribution in [0, 0.1) is 5.92 Å². The van der Waals surface area contributed by atoms with E-state index in [4.69, 9.17) is 4.42 Å². The lowest BCUT2D eigenvalue weighted by atomic mass is 9.97. The van der Waals surface area contributed by atoms with Crippen molar-refractivity contribution < 1.29 is 4.42 Å². The van der Waals surface area contributed by atoms with Crippen molar-refractivity contribution in [1.29, 1.82) is 0 Å². The number of nitrogens with one attached hydrogen (secondary N) is 1. The van der Waals surface area contributed by atoms with Gasteiger partial charge in [0.25, 0.3) is 0 Å². The third-order valence-electron chi connectivity index (χ3n) is 4.69. The second-order valence-electron chi connectivity index (χ2n) is 6.97. The molecule has 4 nitrogen and oxygen atoms in total. The van der Waals surface area contributed by atoms with Crippen LogP contribution in [0.5, 0.6) is 0 Å². The van der Waals surface area contributed by atoms with Crippen LogP contribution in [0.2, 0.25) is 0 Å². The second-order valence-corrected chi connectivity index (χ2v) is 6.97. The minimum absolute atomic E-state index is 0.741. The summed E-state index contributed by atoms with van der Waals surface area (Å²) in [6.07, 6.45) is 5.31. The van der Waals surface area contributed by atoms with Gasteiger partial charge in [-0.05, 0) is 70.9 Å². The van der Waals surface area contributed by atoms with Crippen LogP contribution in [-0.2, 0) is 13.1 Å². The van der Waals surface area contributed by atoms with Gasteiger partial charge in [-0.3, -0.25) is 4.90 Å². The smallest absolute Gasteiger partial charge is 0.118 e. The maximum atomic E-state index is 5.93. The Morgan fingerprint density at radius 1 is 1.19 bits per heavy atom. The van der Waals surface area contributed by atoms with Crippen LogP contribution >= 0.6 is 0 Å². The average molecular weight is 291 g/mol. The number of hydrogen-bond acceptors (Lipinski definition) is 4. The van der Waals surface area contributed by atoms with Crippen LogP contribution in [0.3, 0.4) is 0 Å². The number of rotatable bonds is 7. The molecule has 1 aliphatic heterocycles. The molecule has 4 heteroatoms. The zero-order chi connectivity index (χ0) is 14.7. The van der Waals surface area contributed by atoms with Crippen LogP contribution in [-0.4, -0.2) is 49.6 Å². The van der Waals surface area contributed by atoms with E-state index < -0.39 is 0 Å². The van der Waals surface area contributed by atoms with Crippen LogP contribution in [0.15, 0.2) is 16.5 Å². The first-order valence-corrected chi connectivity index (χ1v) is 8.37. The minimum Gasteiger partial charge on any atom is -0.463 e. The molecule has 1 aromatic rings. The Labute approximate surface area is 128 Å². The van der Waals surface area contributed by atoms with E-state index in [1.165, 1.54) is 45.3 Å². The molecule has 1 N–H and O–H groups in total. The second kappa shape index (κ2) is 6.95. The summed E-state index contributed by atoms with van der Waals surface area (Å²) in [5, 5.41) is 3.50. The van der Waals surface area contributed by atoms with E-state index in [1.807, 2.05) is 0 Å². The maximum absolute atomic E-state index is 5.93. The molecule has 2 heterocycles. The molecule has 0 unspecified atom stereocenters. The van der Waals surface area contributed by atoms with E-state index in [2.05, 4.69) is 41.3 Å². The van der Waals surface area contributed by atoms with Gasteiger partial charge < -0.3 is 14.6 Å². The van der Waals surface area contributed by atoms with E-state index >= 15 is 0 Å². The molecular weight excluding hydrogens is 262 g/mol. The first kappa shape index (κ1) is 15.1. The highest BCUT2D eigenvalue weighted by Gasteiger charge is 2.21. The lowest BCUT2D eigenvalue weighted by Crippen LogP contribution is -2.35. The summed E-state index contributed by atoms with van der Waals surface area (Å²) in [5.74, 6) is 3.01. The van der Waals surface area contributed by atoms with E-state index in [0.717, 1.165) is 36.6 Å². The summed E-state index contributed by atoms with van der Waals surface area (Å²) in [5.41, 5.74) is 0. The molecular formula is C17H29N3O. The van der Waals surface area contributed by atoms with Crippen molar-refractivity contribution in [1.82, 2.24) is 15.1 Å². The highest BCUT2D eigenvalue weighted by atomic mass is 16.3. The van der Waals surface area contributed by atoms with Gasteiger partial charge in [0, 0.05) is 12.6 Å². The van der Waals surface area contributed by atoms with Crippen molar-refractivity contribution >= 4 is 0 Å². The monoisotopic (exact) mass is 291 g/mol. The van der Waals surface area contributed by atoms with Crippen molar-refractivity contribution in [2.24, 2.45) is 5.92 Å². The molecule has 1 aliphatic carbocycles. The Morgan fingerprint density at radius 3 is 2.62 bits per heavy atom. The third-order valence-corrected chi connectivity index (χ3v) is 4.69. The van der Waals surface area contributed by atoms with Gasteiger partial charge in [-0.25, -0.2) is 0 Å². The van der Waals surface area contributed by atoms with E-state index in [-0.39, 0.29) is 0 Å². The standard InChI is InChI=1S/C17H29N3O/c1-19-9-7-14(8-10-19)12-20(2)13-17-6-5-16(21-17)11-18-15-3-4-15/h5-6,14-15,18H,3-4,7-13H2,1-2H3. The molecule has 0 spiro atoms. The fraction of sp³-hybridized carbons (Fsp3) is 0.765. The van der Waals surface area contributed by atoms with Crippen LogP contribution in [0.25, 0.3) is 0 Å². The van der Waals surface area contributed by atoms with Gasteiger partial charge in [0.05, 0.1) is 13.1 Å². The molecule has 1 saturated carbocycles. The van der Waals surface area contributed by atoms with Gasteiger partial charge in [0.2, 0.25) is 0 Å². The largest absolute Gasteiger partial charge is 0.463 e. The fourth-order valence-corrected chi connectivity index (χ4v) is 3.15. The Kier molecular flexibility index (Phi) is 4.99. The van der Waals surface area contributed by atoms with E-state index in [9.17, 15) is 0 Å². The van der Waals surface area contributed by atoms with E-state index in [0.29, 0.717) is 0 Å². The zero-order valence-electron chi connectivity index (χ0n) is 13.5. The van der Waals surface area contributed by atoms with Gasteiger partial charge in [0.1, 0.15) is 11.5 Å². The van der Waals surface area contributed by atoms with Crippen molar-refractivity contribution in [2.45, 2.75) is 44.8 Å². The molecule has 3 rings (SSSR count). The van der Waals surface area contributed by atoms with Crippen LogP contribution in [0.4, 0.5) is 0 Å². The summed E-state index contributed by atoms with van der Waals surface area (Å²) in [6, 6.07) is 4.99. The van der Waals surface area contributed by atoms with Crippen molar-refractivity contribution in [3.05, 3.63) is 23.7 Å². The van der Waals surface area contributed by atoms with Crippen LogP contribution < -0.4 is 5.32 Å². The third kappa shape index (κ3) is 4.83. The van der Waals surface area contributed by atoms with Gasteiger partial charge in [0.15, 0.2) is 0 Å². The highest BCUT2D eigenvalue weighted by molar-refractivity contribution is 5.07. The number of hydrogen-bond donors (Lipinski definition) is 1. The molecule has 0 aromatic carbocycles. The van der Waals surface area contributed by atoms with Gasteiger partial charge in [-0.2, -0.15) is 0 Å². The number of nitrogens with zero attached hydrogens (tertiary/aromatic N) is 2. The molecule has 21 heavy (non-hydrogen) atoms. The topological polar surface area (TPSA) is 31.6 Å². The molecule has 0 amide bonds. The summed E-state index contributed by atoms with van der Waals surface area (Å²) in [6.45, 7) is 5.48. The molecule has 0 radical (unpaired) electrons. The Hall–Kier alpha value is -0.840. The normalized spacial score (nSPS) is 21.3. The summed E-state index contributed by atoms with van der Waals surface area (Å²) in [4.78, 5) is 4.84. The maximum Gasteiger partial charge on any atom is 0.118 e. The molecule has 2 aliphatic rings. The van der Waals surface area contributed by atoms with Crippen molar-refractivity contribution in [3.8, 4) is 0 Å². The van der Waals surface area contributed by atoms with E-state index in [1.54, 1.807) is 0 Å². The molecule has 0 bridgehead atoms. The zero-order valence-corrected chi connectivity index (χ0v) is 13.5. The molecule has 1 saturated heterocycles. The number of likely N-dealkylation sites (tertiary alicyclic amines) is 1. The molecule has 2 fully saturated rings. The van der Waals surface area contributed by atoms with Crippen LogP contribution in [0.1, 0.15) is 37.2 Å². The Morgan fingerprint density at radius 2 is 1.90 bits per heavy atom. The predicted molar refractivity (Wildman–Crippen MR) is 85.1 cm³/mol. The lowest BCUT2D eigenvalue weighted by molar-refractivity contribution is 0.168. The Bertz CT molecular complexity index is 433. The van der Waals surface area contributed by atoms with Crippen molar-refractivity contribution in [2.75, 3.05) is 33.7 Å². The average Bonchev–Trinajstić information content (AvgIpc) is 3.19. The molecule has 0 atom stereocenters. The highest BCUT2D eigenvalue weighted by Crippen LogP contribution is 2.20. The SMILES string of the molecule is CN1CCC(CN(C)Cc2ccc(CNC3CC3)o2)CC1. The lowest BCUT2D eigenvalue weighted by Gasteiger charge is -2.31. The van der Waals surface area contributed by atoms with Gasteiger partial charge in [-0.15, -0.1) is 0 Å². The van der Waals surface area contributed by atoms with Gasteiger partial charge >= 0.3 is 0 Å². The summed E-state index contributed by atoms with van der Waals surface area (Å²) < 4.78 is 5.93. The molecule has 1 aromatic heterocycles. The number of piperidine rings is 1. The minimum atomic E-state index is 0.741. The first-order chi connectivity index (χ1) is 10.2. The first-order valence-electron chi connectivity index (χ1n) is 8.37. The van der Waals surface area contributed by atoms with Gasteiger partial charge in [-0.1, -0.05) is 0 Å². The number of furan rings is 1. The predicted octanol–water partition coefficient (Wildman–Crippen LogP) is 2.31. The summed E-state index contributed by atoms with van der Waals surface area (Å²) in [7, 11) is 4.43. The van der Waals surface area contributed by atoms with Crippen molar-refractivity contribution in [3.63, 3.8) is 0 Å². The quantitative estimate of drug-likeness (QED) is 0.835.